The SMILES string of the molecule is O=C(O)[C@@H]1C[C@@H](c2c(C3CCOCC3)n(-c3ccc(F)cc3)c3cc4cn[nH]c4c(F)c23)CO1. The predicted octanol–water partition coefficient (Wildman–Crippen LogP) is 4.64. The average Bonchev–Trinajstić information content (AvgIpc) is 3.58. The second kappa shape index (κ2) is 8.18. The first-order valence-corrected chi connectivity index (χ1v) is 11.4. The van der Waals surface area contributed by atoms with E-state index in [1.807, 2.05) is 10.6 Å². The van der Waals surface area contributed by atoms with E-state index in [1.165, 1.54) is 12.1 Å². The van der Waals surface area contributed by atoms with Gasteiger partial charge in [-0.3, -0.25) is 5.10 Å². The van der Waals surface area contributed by atoms with Crippen molar-refractivity contribution in [2.45, 2.75) is 37.2 Å². The Bertz CT molecular complexity index is 1390. The number of nitrogens with zero attached hydrogens (tertiary/aromatic N) is 2. The van der Waals surface area contributed by atoms with E-state index in [1.54, 1.807) is 18.3 Å². The molecule has 2 aromatic heterocycles. The molecule has 2 aliphatic rings. The third-order valence-electron chi connectivity index (χ3n) is 7.06. The molecule has 0 aliphatic carbocycles. The molecule has 4 heterocycles. The van der Waals surface area contributed by atoms with E-state index >= 15 is 4.39 Å². The Balaban J connectivity index is 1.69. The first-order chi connectivity index (χ1) is 16.5. The van der Waals surface area contributed by atoms with Crippen LogP contribution in [-0.2, 0) is 14.3 Å². The van der Waals surface area contributed by atoms with Gasteiger partial charge in [0.15, 0.2) is 11.9 Å². The third-order valence-corrected chi connectivity index (χ3v) is 7.06. The first-order valence-electron chi connectivity index (χ1n) is 11.4. The van der Waals surface area contributed by atoms with Gasteiger partial charge in [-0.05, 0) is 55.2 Å². The van der Waals surface area contributed by atoms with Gasteiger partial charge in [0.2, 0.25) is 0 Å². The number of aliphatic carboxylic acids is 1. The molecule has 7 nitrogen and oxygen atoms in total. The number of halogens is 2. The maximum Gasteiger partial charge on any atom is 0.332 e. The van der Waals surface area contributed by atoms with Crippen molar-refractivity contribution in [2.75, 3.05) is 19.8 Å². The number of benzene rings is 2. The topological polar surface area (TPSA) is 89.4 Å². The van der Waals surface area contributed by atoms with Gasteiger partial charge in [0.25, 0.3) is 0 Å². The normalized spacial score (nSPS) is 21.6. The van der Waals surface area contributed by atoms with Crippen LogP contribution >= 0.6 is 0 Å². The largest absolute Gasteiger partial charge is 0.479 e. The summed E-state index contributed by atoms with van der Waals surface area (Å²) in [5.41, 5.74) is 3.36. The smallest absolute Gasteiger partial charge is 0.332 e. The molecule has 2 N–H and O–H groups in total. The molecule has 0 saturated carbocycles. The molecular formula is C25H23F2N3O4. The van der Waals surface area contributed by atoms with Crippen molar-refractivity contribution in [3.05, 3.63) is 59.4 Å². The van der Waals surface area contributed by atoms with Crippen LogP contribution in [0.2, 0.25) is 0 Å². The zero-order valence-corrected chi connectivity index (χ0v) is 18.3. The lowest BCUT2D eigenvalue weighted by Gasteiger charge is -2.26. The number of carboxylic acids is 1. The summed E-state index contributed by atoms with van der Waals surface area (Å²) in [7, 11) is 0. The van der Waals surface area contributed by atoms with Crippen molar-refractivity contribution < 1.29 is 28.2 Å². The molecule has 2 saturated heterocycles. The molecule has 4 aromatic rings. The standard InChI is InChI=1S/C25H23F2N3O4/c26-16-1-3-17(4-2-16)30-18-9-14-11-28-29-23(14)22(27)21(18)20(15-10-19(25(31)32)34-12-15)24(30)13-5-7-33-8-6-13/h1-4,9,11,13,15,19H,5-8,10,12H2,(H,28,29)(H,31,32)/t15-,19+/m1/s1. The fourth-order valence-electron chi connectivity index (χ4n) is 5.50. The second-order valence-corrected chi connectivity index (χ2v) is 9.01. The van der Waals surface area contributed by atoms with Crippen LogP contribution in [0.3, 0.4) is 0 Å². The minimum atomic E-state index is -1.02. The van der Waals surface area contributed by atoms with E-state index in [0.717, 1.165) is 29.8 Å². The summed E-state index contributed by atoms with van der Waals surface area (Å²) in [6.45, 7) is 1.36. The number of ether oxygens (including phenoxy) is 2. The van der Waals surface area contributed by atoms with E-state index in [9.17, 15) is 14.3 Å². The van der Waals surface area contributed by atoms with Crippen LogP contribution in [0.25, 0.3) is 27.5 Å². The number of aromatic amines is 1. The summed E-state index contributed by atoms with van der Waals surface area (Å²) >= 11 is 0. The minimum Gasteiger partial charge on any atom is -0.479 e. The van der Waals surface area contributed by atoms with Crippen molar-refractivity contribution in [1.29, 1.82) is 0 Å². The van der Waals surface area contributed by atoms with E-state index in [2.05, 4.69) is 10.2 Å². The molecular weight excluding hydrogens is 444 g/mol. The van der Waals surface area contributed by atoms with Gasteiger partial charge in [0.1, 0.15) is 11.3 Å². The summed E-state index contributed by atoms with van der Waals surface area (Å²) in [5.74, 6) is -2.02. The fourth-order valence-corrected chi connectivity index (χ4v) is 5.50. The fraction of sp³-hybridized carbons (Fsp3) is 0.360. The van der Waals surface area contributed by atoms with Gasteiger partial charge in [-0.2, -0.15) is 5.10 Å². The van der Waals surface area contributed by atoms with Crippen LogP contribution in [0.4, 0.5) is 8.78 Å². The van der Waals surface area contributed by atoms with Crippen LogP contribution in [0.15, 0.2) is 36.5 Å². The molecule has 0 unspecified atom stereocenters. The summed E-state index contributed by atoms with van der Waals surface area (Å²) in [5, 5.41) is 17.3. The second-order valence-electron chi connectivity index (χ2n) is 9.01. The zero-order chi connectivity index (χ0) is 23.4. The molecule has 9 heteroatoms. The molecule has 176 valence electrons. The van der Waals surface area contributed by atoms with Crippen molar-refractivity contribution >= 4 is 27.8 Å². The van der Waals surface area contributed by atoms with Crippen molar-refractivity contribution in [1.82, 2.24) is 14.8 Å². The Kier molecular flexibility index (Phi) is 5.11. The summed E-state index contributed by atoms with van der Waals surface area (Å²) < 4.78 is 43.1. The predicted molar refractivity (Wildman–Crippen MR) is 120 cm³/mol. The number of hydrogen-bond donors (Lipinski definition) is 2. The van der Waals surface area contributed by atoms with Crippen molar-refractivity contribution in [3.8, 4) is 5.69 Å². The molecule has 34 heavy (non-hydrogen) atoms. The monoisotopic (exact) mass is 467 g/mol. The van der Waals surface area contributed by atoms with Gasteiger partial charge in [0, 0.05) is 47.2 Å². The van der Waals surface area contributed by atoms with Gasteiger partial charge in [-0.15, -0.1) is 0 Å². The Morgan fingerprint density at radius 1 is 1.15 bits per heavy atom. The Morgan fingerprint density at radius 2 is 1.91 bits per heavy atom. The van der Waals surface area contributed by atoms with Crippen LogP contribution in [0, 0.1) is 11.6 Å². The number of H-pyrrole nitrogens is 1. The molecule has 6 rings (SSSR count). The average molecular weight is 467 g/mol. The maximum absolute atomic E-state index is 16.1. The lowest BCUT2D eigenvalue weighted by Crippen LogP contribution is -2.19. The van der Waals surface area contributed by atoms with E-state index in [0.29, 0.717) is 35.0 Å². The number of aromatic nitrogens is 3. The number of carbonyl (C=O) groups is 1. The Hall–Kier alpha value is -3.30. The molecule has 0 radical (unpaired) electrons. The summed E-state index contributed by atoms with van der Waals surface area (Å²) in [6.07, 6.45) is 2.40. The summed E-state index contributed by atoms with van der Waals surface area (Å²) in [6, 6.07) is 8.03. The summed E-state index contributed by atoms with van der Waals surface area (Å²) in [4.78, 5) is 11.6. The number of hydrogen-bond acceptors (Lipinski definition) is 4. The number of rotatable bonds is 4. The van der Waals surface area contributed by atoms with Gasteiger partial charge >= 0.3 is 5.97 Å². The molecule has 2 aliphatic heterocycles. The quantitative estimate of drug-likeness (QED) is 0.457. The minimum absolute atomic E-state index is 0.0703. The highest BCUT2D eigenvalue weighted by Crippen LogP contribution is 2.46. The molecule has 2 atom stereocenters. The molecule has 0 bridgehead atoms. The third kappa shape index (κ3) is 3.30. The van der Waals surface area contributed by atoms with Crippen LogP contribution in [0.5, 0.6) is 0 Å². The highest BCUT2D eigenvalue weighted by Gasteiger charge is 2.38. The molecule has 0 amide bonds. The van der Waals surface area contributed by atoms with E-state index < -0.39 is 17.9 Å². The molecule has 2 aromatic carbocycles. The van der Waals surface area contributed by atoms with Crippen molar-refractivity contribution in [3.63, 3.8) is 0 Å². The highest BCUT2D eigenvalue weighted by molar-refractivity contribution is 6.00. The number of fused-ring (bicyclic) bond motifs is 2. The Morgan fingerprint density at radius 3 is 2.62 bits per heavy atom. The Labute approximate surface area is 193 Å². The van der Waals surface area contributed by atoms with Gasteiger partial charge in [-0.25, -0.2) is 13.6 Å². The highest BCUT2D eigenvalue weighted by atomic mass is 19.1. The lowest BCUT2D eigenvalue weighted by atomic mass is 9.86. The van der Waals surface area contributed by atoms with Gasteiger partial charge in [-0.1, -0.05) is 0 Å². The van der Waals surface area contributed by atoms with Crippen LogP contribution in [-0.4, -0.2) is 51.8 Å². The molecule has 0 spiro atoms. The van der Waals surface area contributed by atoms with E-state index in [-0.39, 0.29) is 30.7 Å². The zero-order valence-electron chi connectivity index (χ0n) is 18.3. The van der Waals surface area contributed by atoms with Crippen LogP contribution < -0.4 is 0 Å². The van der Waals surface area contributed by atoms with Gasteiger partial charge in [0.05, 0.1) is 18.3 Å². The number of nitrogens with one attached hydrogen (secondary N) is 1. The molecule has 2 fully saturated rings. The van der Waals surface area contributed by atoms with Gasteiger partial charge < -0.3 is 19.1 Å². The number of carboxylic acid groups (broad SMARTS) is 1. The van der Waals surface area contributed by atoms with E-state index in [4.69, 9.17) is 9.47 Å². The van der Waals surface area contributed by atoms with Crippen LogP contribution in [0.1, 0.15) is 42.4 Å². The first kappa shape index (κ1) is 21.2. The lowest BCUT2D eigenvalue weighted by molar-refractivity contribution is -0.147. The maximum atomic E-state index is 16.1. The van der Waals surface area contributed by atoms with Crippen molar-refractivity contribution in [2.24, 2.45) is 0 Å².